The van der Waals surface area contributed by atoms with Gasteiger partial charge in [-0.25, -0.2) is 4.98 Å². The first-order valence-electron chi connectivity index (χ1n) is 16.4. The number of piperazine rings is 1. The number of amides is 1. The summed E-state index contributed by atoms with van der Waals surface area (Å²) in [5, 5.41) is 1.78. The lowest BCUT2D eigenvalue weighted by molar-refractivity contribution is -0.153. The third-order valence-corrected chi connectivity index (χ3v) is 10.9. The van der Waals surface area contributed by atoms with Gasteiger partial charge in [0.05, 0.1) is 17.4 Å². The van der Waals surface area contributed by atoms with Crippen LogP contribution >= 0.6 is 11.3 Å². The summed E-state index contributed by atoms with van der Waals surface area (Å²) in [7, 11) is -2.20. The number of aromatic nitrogens is 2. The van der Waals surface area contributed by atoms with Crippen LogP contribution in [0.3, 0.4) is 0 Å². The zero-order chi connectivity index (χ0) is 37.9. The lowest BCUT2D eigenvalue weighted by Gasteiger charge is -2.34. The smallest absolute Gasteiger partial charge is 0.422 e. The first-order valence-corrected chi connectivity index (χ1v) is 18.6. The maximum atomic E-state index is 13.4. The second-order valence-corrected chi connectivity index (χ2v) is 15.3. The molecule has 53 heavy (non-hydrogen) atoms. The highest BCUT2D eigenvalue weighted by Gasteiger charge is 2.28. The van der Waals surface area contributed by atoms with Gasteiger partial charge in [-0.05, 0) is 66.4 Å². The Labute approximate surface area is 307 Å². The Bertz CT molecular complexity index is 2340. The Hall–Kier alpha value is -5.16. The van der Waals surface area contributed by atoms with Crippen molar-refractivity contribution in [2.45, 2.75) is 23.9 Å². The molecule has 3 aromatic heterocycles. The summed E-state index contributed by atoms with van der Waals surface area (Å²) in [4.78, 5) is 21.6. The number of anilines is 1. The van der Waals surface area contributed by atoms with Gasteiger partial charge in [0.1, 0.15) is 21.4 Å². The Balaban J connectivity index is 0.000000286. The molecule has 1 fully saturated rings. The zero-order valence-electron chi connectivity index (χ0n) is 28.7. The van der Waals surface area contributed by atoms with E-state index in [2.05, 4.69) is 9.88 Å². The molecular formula is C37H36F3N5O6S2. The second-order valence-electron chi connectivity index (χ2n) is 12.5. The maximum Gasteiger partial charge on any atom is 0.422 e. The fraction of sp³-hybridized carbons (Fsp3) is 0.243. The van der Waals surface area contributed by atoms with Crippen LogP contribution in [0.15, 0.2) is 95.3 Å². The molecule has 1 aliphatic rings. The minimum atomic E-state index is -4.37. The molecule has 1 saturated heterocycles. The number of ether oxygens (including phenoxy) is 2. The number of hydrogen-bond donors (Lipinski definition) is 2. The molecule has 0 radical (unpaired) electrons. The van der Waals surface area contributed by atoms with Crippen molar-refractivity contribution in [3.05, 3.63) is 108 Å². The number of benzene rings is 3. The van der Waals surface area contributed by atoms with Gasteiger partial charge < -0.3 is 24.7 Å². The van der Waals surface area contributed by atoms with Gasteiger partial charge in [-0.2, -0.15) is 21.6 Å². The molecule has 1 amide bonds. The number of rotatable bonds is 8. The predicted molar refractivity (Wildman–Crippen MR) is 197 cm³/mol. The molecule has 4 heterocycles. The summed E-state index contributed by atoms with van der Waals surface area (Å²) in [6.45, 7) is 3.79. The van der Waals surface area contributed by atoms with E-state index in [9.17, 15) is 26.4 Å². The molecule has 11 nitrogen and oxygen atoms in total. The van der Waals surface area contributed by atoms with Crippen LogP contribution in [0.25, 0.3) is 21.0 Å². The van der Waals surface area contributed by atoms with E-state index >= 15 is 0 Å². The molecule has 16 heteroatoms. The quantitative estimate of drug-likeness (QED) is 0.153. The molecule has 0 spiro atoms. The number of nitrogen functional groups attached to an aromatic ring is 1. The molecule has 6 aromatic rings. The van der Waals surface area contributed by atoms with Crippen molar-refractivity contribution in [2.75, 3.05) is 38.5 Å². The van der Waals surface area contributed by atoms with Crippen molar-refractivity contribution in [1.82, 2.24) is 19.4 Å². The highest BCUT2D eigenvalue weighted by Crippen LogP contribution is 2.30. The van der Waals surface area contributed by atoms with Gasteiger partial charge in [0.15, 0.2) is 6.61 Å². The first-order chi connectivity index (χ1) is 25.1. The predicted octanol–water partition coefficient (Wildman–Crippen LogP) is 7.30. The van der Waals surface area contributed by atoms with Crippen molar-refractivity contribution in [3.8, 4) is 17.4 Å². The van der Waals surface area contributed by atoms with Crippen LogP contribution in [0.1, 0.15) is 21.6 Å². The van der Waals surface area contributed by atoms with Gasteiger partial charge in [-0.15, -0.1) is 11.3 Å². The fourth-order valence-electron chi connectivity index (χ4n) is 5.80. The SMILES string of the molecule is Cc1ccc2sc(S(=O)(=O)O)cc2c1.Cn1c(C(=O)N2CCN(Cc3ccc(OCC(F)(F)F)cc3)CC2)cc2ccc(Oc3ccc(N)cn3)cc21. The van der Waals surface area contributed by atoms with Crippen molar-refractivity contribution in [3.63, 3.8) is 0 Å². The van der Waals surface area contributed by atoms with E-state index in [1.54, 1.807) is 36.4 Å². The Morgan fingerprint density at radius 2 is 1.64 bits per heavy atom. The lowest BCUT2D eigenvalue weighted by Crippen LogP contribution is -2.48. The number of nitrogens with two attached hydrogens (primary N) is 1. The third kappa shape index (κ3) is 9.64. The van der Waals surface area contributed by atoms with Gasteiger partial charge in [-0.1, -0.05) is 29.8 Å². The summed E-state index contributed by atoms with van der Waals surface area (Å²) in [5.41, 5.74) is 9.73. The normalized spacial score (nSPS) is 13.9. The molecule has 0 atom stereocenters. The van der Waals surface area contributed by atoms with Crippen LogP contribution in [-0.2, 0) is 23.7 Å². The number of halogens is 3. The molecule has 1 aliphatic heterocycles. The van der Waals surface area contributed by atoms with Crippen LogP contribution in [0, 0.1) is 6.92 Å². The largest absolute Gasteiger partial charge is 0.484 e. The fourth-order valence-corrected chi connectivity index (χ4v) is 7.54. The summed E-state index contributed by atoms with van der Waals surface area (Å²) in [6, 6.07) is 24.7. The van der Waals surface area contributed by atoms with E-state index in [1.165, 1.54) is 12.3 Å². The summed E-state index contributed by atoms with van der Waals surface area (Å²) in [6.07, 6.45) is -2.84. The third-order valence-electron chi connectivity index (χ3n) is 8.51. The molecule has 0 aliphatic carbocycles. The van der Waals surface area contributed by atoms with Gasteiger partial charge in [0.25, 0.3) is 5.91 Å². The number of fused-ring (bicyclic) bond motifs is 2. The number of thiophene rings is 1. The molecule has 3 N–H and O–H groups in total. The van der Waals surface area contributed by atoms with E-state index < -0.39 is 22.9 Å². The summed E-state index contributed by atoms with van der Waals surface area (Å²) in [5.74, 6) is 1.18. The molecule has 7 rings (SSSR count). The highest BCUT2D eigenvalue weighted by atomic mass is 32.3. The number of alkyl halides is 3. The number of carbonyl (C=O) groups is 1. The van der Waals surface area contributed by atoms with Gasteiger partial charge in [0.2, 0.25) is 5.88 Å². The van der Waals surface area contributed by atoms with Crippen LogP contribution in [0.2, 0.25) is 0 Å². The molecule has 278 valence electrons. The standard InChI is InChI=1S/C28H28F3N5O3.C9H8O3S2/c1-34-24-15-23(39-26-9-5-21(32)16-33-26)8-4-20(24)14-25(34)27(37)36-12-10-35(11-13-36)17-19-2-6-22(7-3-19)38-18-28(29,30)31;1-6-2-3-8-7(4-6)5-9(13-8)14(10,11)12/h2-9,14-16H,10-13,17-18,32H2,1H3;2-5H,1H3,(H,10,11,12). The number of nitrogens with zero attached hydrogens (tertiary/aromatic N) is 4. The Morgan fingerprint density at radius 1 is 0.925 bits per heavy atom. The molecule has 0 bridgehead atoms. The average molecular weight is 768 g/mol. The minimum absolute atomic E-state index is 0.00176. The number of carbonyl (C=O) groups excluding carboxylic acids is 1. The van der Waals surface area contributed by atoms with Gasteiger partial charge >= 0.3 is 16.3 Å². The molecule has 3 aromatic carbocycles. The monoisotopic (exact) mass is 767 g/mol. The second kappa shape index (κ2) is 15.4. The van der Waals surface area contributed by atoms with E-state index in [0.717, 1.165) is 43.5 Å². The molecule has 0 unspecified atom stereocenters. The Kier molecular flexibility index (Phi) is 11.0. The van der Waals surface area contributed by atoms with E-state index in [0.29, 0.717) is 55.7 Å². The number of hydrogen-bond acceptors (Lipinski definition) is 9. The van der Waals surface area contributed by atoms with E-state index in [4.69, 9.17) is 19.8 Å². The molecular weight excluding hydrogens is 732 g/mol. The maximum absolute atomic E-state index is 13.4. The van der Waals surface area contributed by atoms with Crippen molar-refractivity contribution in [2.24, 2.45) is 7.05 Å². The summed E-state index contributed by atoms with van der Waals surface area (Å²) >= 11 is 1.07. The first kappa shape index (κ1) is 37.6. The van der Waals surface area contributed by atoms with Gasteiger partial charge in [-0.3, -0.25) is 14.2 Å². The van der Waals surface area contributed by atoms with Gasteiger partial charge in [0, 0.05) is 62.0 Å². The lowest BCUT2D eigenvalue weighted by atomic mass is 10.2. The highest BCUT2D eigenvalue weighted by molar-refractivity contribution is 7.88. The van der Waals surface area contributed by atoms with Crippen molar-refractivity contribution >= 4 is 54.0 Å². The summed E-state index contributed by atoms with van der Waals surface area (Å²) < 4.78 is 80.9. The average Bonchev–Trinajstić information content (AvgIpc) is 3.70. The number of pyridine rings is 1. The Morgan fingerprint density at radius 3 is 2.30 bits per heavy atom. The minimum Gasteiger partial charge on any atom is -0.484 e. The van der Waals surface area contributed by atoms with Crippen LogP contribution in [0.4, 0.5) is 18.9 Å². The van der Waals surface area contributed by atoms with E-state index in [-0.39, 0.29) is 15.9 Å². The van der Waals surface area contributed by atoms with Crippen LogP contribution < -0.4 is 15.2 Å². The number of aryl methyl sites for hydroxylation is 2. The van der Waals surface area contributed by atoms with E-state index in [1.807, 2.05) is 65.9 Å². The van der Waals surface area contributed by atoms with Crippen molar-refractivity contribution < 1.29 is 40.4 Å². The topological polar surface area (TPSA) is 140 Å². The van der Waals surface area contributed by atoms with Crippen molar-refractivity contribution in [1.29, 1.82) is 0 Å². The zero-order valence-corrected chi connectivity index (χ0v) is 30.3. The van der Waals surface area contributed by atoms with Crippen LogP contribution in [0.5, 0.6) is 17.4 Å². The van der Waals surface area contributed by atoms with Crippen LogP contribution in [-0.4, -0.2) is 77.2 Å². The molecule has 0 saturated carbocycles.